The van der Waals surface area contributed by atoms with Crippen molar-refractivity contribution < 1.29 is 14.3 Å². The van der Waals surface area contributed by atoms with Crippen LogP contribution >= 0.6 is 0 Å². The number of aromatic nitrogens is 1. The summed E-state index contributed by atoms with van der Waals surface area (Å²) in [5.41, 5.74) is 11.4. The second kappa shape index (κ2) is 9.18. The molecule has 2 saturated carbocycles. The van der Waals surface area contributed by atoms with Gasteiger partial charge in [0.2, 0.25) is 0 Å². The van der Waals surface area contributed by atoms with Gasteiger partial charge in [-0.2, -0.15) is 0 Å². The topological polar surface area (TPSA) is 111 Å². The summed E-state index contributed by atoms with van der Waals surface area (Å²) in [5, 5.41) is 15.6. The van der Waals surface area contributed by atoms with Gasteiger partial charge in [-0.3, -0.25) is 4.98 Å². The quantitative estimate of drug-likeness (QED) is 0.369. The van der Waals surface area contributed by atoms with Crippen LogP contribution in [-0.4, -0.2) is 28.3 Å². The first-order valence-corrected chi connectivity index (χ1v) is 10.5. The summed E-state index contributed by atoms with van der Waals surface area (Å²) >= 11 is 0. The Labute approximate surface area is 179 Å². The maximum absolute atomic E-state index is 13.4. The van der Waals surface area contributed by atoms with Crippen molar-refractivity contribution in [3.63, 3.8) is 0 Å². The number of hydrogen-bond acceptors (Lipinski definition) is 3. The first-order chi connectivity index (χ1) is 15.0. The van der Waals surface area contributed by atoms with Gasteiger partial charge in [0, 0.05) is 28.8 Å². The van der Waals surface area contributed by atoms with Crippen LogP contribution in [0.1, 0.15) is 31.4 Å². The molecule has 0 aliphatic heterocycles. The third-order valence-electron chi connectivity index (χ3n) is 6.49. The van der Waals surface area contributed by atoms with Gasteiger partial charge in [-0.15, -0.1) is 0 Å². The van der Waals surface area contributed by atoms with E-state index in [-0.39, 0.29) is 23.8 Å². The maximum atomic E-state index is 13.4. The Balaban J connectivity index is 1.48. The van der Waals surface area contributed by atoms with Gasteiger partial charge in [-0.1, -0.05) is 29.4 Å². The van der Waals surface area contributed by atoms with E-state index in [1.165, 1.54) is 12.1 Å². The molecular formula is C23H24FN5O2. The van der Waals surface area contributed by atoms with Crippen molar-refractivity contribution in [3.05, 3.63) is 70.6 Å². The molecule has 0 spiro atoms. The molecule has 7 nitrogen and oxygen atoms in total. The molecule has 2 aliphatic rings. The van der Waals surface area contributed by atoms with E-state index in [0.29, 0.717) is 11.8 Å². The monoisotopic (exact) mass is 421 g/mol. The van der Waals surface area contributed by atoms with Gasteiger partial charge in [0.05, 0.1) is 5.69 Å². The molecule has 1 heterocycles. The van der Waals surface area contributed by atoms with Gasteiger partial charge < -0.3 is 10.4 Å². The Kier molecular flexibility index (Phi) is 6.18. The van der Waals surface area contributed by atoms with E-state index in [0.717, 1.165) is 42.5 Å². The molecule has 1 unspecified atom stereocenters. The summed E-state index contributed by atoms with van der Waals surface area (Å²) in [6, 6.07) is 10.0. The number of benzene rings is 1. The Bertz CT molecular complexity index is 1020. The van der Waals surface area contributed by atoms with Gasteiger partial charge in [0.15, 0.2) is 0 Å². The Morgan fingerprint density at radius 2 is 2.13 bits per heavy atom. The van der Waals surface area contributed by atoms with Crippen molar-refractivity contribution in [1.29, 1.82) is 0 Å². The number of hydrogen-bond donors (Lipinski definition) is 2. The molecule has 0 radical (unpaired) electrons. The maximum Gasteiger partial charge on any atom is 0.404 e. The van der Waals surface area contributed by atoms with Crippen LogP contribution in [0.4, 0.5) is 9.18 Å². The molecule has 160 valence electrons. The minimum absolute atomic E-state index is 0.0368. The molecule has 2 aliphatic carbocycles. The normalized spacial score (nSPS) is 27.5. The van der Waals surface area contributed by atoms with E-state index in [9.17, 15) is 9.18 Å². The van der Waals surface area contributed by atoms with Crippen molar-refractivity contribution >= 4 is 12.2 Å². The second-order valence-electron chi connectivity index (χ2n) is 8.31. The first-order valence-electron chi connectivity index (χ1n) is 10.5. The van der Waals surface area contributed by atoms with E-state index in [1.807, 2.05) is 24.3 Å². The van der Waals surface area contributed by atoms with Crippen molar-refractivity contribution in [2.75, 3.05) is 0 Å². The lowest BCUT2D eigenvalue weighted by Gasteiger charge is -2.33. The number of carbonyl (C=O) groups is 1. The molecule has 1 aromatic carbocycles. The van der Waals surface area contributed by atoms with E-state index < -0.39 is 6.09 Å². The number of amides is 1. The van der Waals surface area contributed by atoms with Crippen LogP contribution in [0.5, 0.6) is 0 Å². The van der Waals surface area contributed by atoms with Crippen molar-refractivity contribution in [2.45, 2.75) is 37.8 Å². The minimum Gasteiger partial charge on any atom is -0.465 e. The van der Waals surface area contributed by atoms with Crippen LogP contribution in [0, 0.1) is 23.6 Å². The number of nitrogens with one attached hydrogen (secondary N) is 1. The molecule has 5 atom stereocenters. The summed E-state index contributed by atoms with van der Waals surface area (Å²) in [7, 11) is 0. The number of fused-ring (bicyclic) bond motifs is 1. The molecule has 1 amide bonds. The van der Waals surface area contributed by atoms with E-state index in [2.05, 4.69) is 26.4 Å². The summed E-state index contributed by atoms with van der Waals surface area (Å²) in [4.78, 5) is 18.5. The largest absolute Gasteiger partial charge is 0.465 e. The SMILES string of the molecule is [N-]=[N+]=N[C@@H]1C[C@@H]2CC(NC(=O)O)CC[C@H]2[C@@H]1/C=C/c1ccc(-c2cccc(F)c2)cn1. The summed E-state index contributed by atoms with van der Waals surface area (Å²) in [6.07, 6.45) is 8.00. The van der Waals surface area contributed by atoms with Crippen LogP contribution in [0.2, 0.25) is 0 Å². The van der Waals surface area contributed by atoms with Gasteiger partial charge in [0.1, 0.15) is 5.82 Å². The van der Waals surface area contributed by atoms with Crippen molar-refractivity contribution in [3.8, 4) is 11.1 Å². The van der Waals surface area contributed by atoms with Gasteiger partial charge in [-0.25, -0.2) is 9.18 Å². The highest BCUT2D eigenvalue weighted by Crippen LogP contribution is 2.48. The van der Waals surface area contributed by atoms with E-state index >= 15 is 0 Å². The molecule has 2 N–H and O–H groups in total. The fourth-order valence-corrected chi connectivity index (χ4v) is 5.14. The fourth-order valence-electron chi connectivity index (χ4n) is 5.14. The summed E-state index contributed by atoms with van der Waals surface area (Å²) < 4.78 is 13.4. The molecule has 1 aromatic heterocycles. The zero-order chi connectivity index (χ0) is 21.8. The van der Waals surface area contributed by atoms with Gasteiger partial charge in [-0.05, 0) is 78.8 Å². The molecule has 2 aromatic rings. The summed E-state index contributed by atoms with van der Waals surface area (Å²) in [5.74, 6) is 0.523. The van der Waals surface area contributed by atoms with Gasteiger partial charge in [0.25, 0.3) is 0 Å². The fraction of sp³-hybridized carbons (Fsp3) is 0.391. The average Bonchev–Trinajstić information content (AvgIpc) is 3.09. The van der Waals surface area contributed by atoms with E-state index in [1.54, 1.807) is 12.3 Å². The number of halogens is 1. The molecular weight excluding hydrogens is 397 g/mol. The van der Waals surface area contributed by atoms with Crippen LogP contribution in [0.25, 0.3) is 27.6 Å². The van der Waals surface area contributed by atoms with Crippen LogP contribution in [0.15, 0.2) is 53.8 Å². The Hall–Kier alpha value is -3.38. The lowest BCUT2D eigenvalue weighted by molar-refractivity contribution is 0.169. The average molecular weight is 421 g/mol. The molecule has 0 saturated heterocycles. The zero-order valence-corrected chi connectivity index (χ0v) is 16.9. The second-order valence-corrected chi connectivity index (χ2v) is 8.31. The van der Waals surface area contributed by atoms with Crippen molar-refractivity contribution in [2.24, 2.45) is 22.9 Å². The first kappa shape index (κ1) is 20.9. The molecule has 8 heteroatoms. The lowest BCUT2D eigenvalue weighted by Crippen LogP contribution is -2.39. The van der Waals surface area contributed by atoms with Gasteiger partial charge >= 0.3 is 6.09 Å². The third kappa shape index (κ3) is 4.86. The molecule has 4 rings (SSSR count). The highest BCUT2D eigenvalue weighted by molar-refractivity contribution is 5.65. The molecule has 31 heavy (non-hydrogen) atoms. The zero-order valence-electron chi connectivity index (χ0n) is 16.9. The molecule has 0 bridgehead atoms. The number of nitrogens with zero attached hydrogens (tertiary/aromatic N) is 4. The van der Waals surface area contributed by atoms with Crippen LogP contribution in [0.3, 0.4) is 0 Å². The number of carboxylic acid groups (broad SMARTS) is 1. The lowest BCUT2D eigenvalue weighted by atomic mass is 9.75. The standard InChI is InChI=1S/C23H24FN5O2/c24-17-3-1-2-14(10-17)15-4-5-18(26-13-15)6-9-21-20-8-7-19(27-23(30)31)11-16(20)12-22(21)28-29-25/h1-6,9-10,13,16,19-22,27H,7-8,11-12H2,(H,30,31)/b9-6+/t16-,19?,20+,21-,22+/m0/s1. The predicted octanol–water partition coefficient (Wildman–Crippen LogP) is 5.65. The van der Waals surface area contributed by atoms with Crippen LogP contribution in [-0.2, 0) is 0 Å². The van der Waals surface area contributed by atoms with Crippen LogP contribution < -0.4 is 5.32 Å². The smallest absolute Gasteiger partial charge is 0.404 e. The Morgan fingerprint density at radius 3 is 2.84 bits per heavy atom. The van der Waals surface area contributed by atoms with Crippen molar-refractivity contribution in [1.82, 2.24) is 10.3 Å². The third-order valence-corrected chi connectivity index (χ3v) is 6.49. The molecule has 2 fully saturated rings. The Morgan fingerprint density at radius 1 is 1.26 bits per heavy atom. The summed E-state index contributed by atoms with van der Waals surface area (Å²) in [6.45, 7) is 0. The van der Waals surface area contributed by atoms with E-state index in [4.69, 9.17) is 10.6 Å². The number of rotatable bonds is 5. The minimum atomic E-state index is -0.989. The number of pyridine rings is 1. The highest BCUT2D eigenvalue weighted by atomic mass is 19.1. The number of azide groups is 1. The highest BCUT2D eigenvalue weighted by Gasteiger charge is 2.44. The predicted molar refractivity (Wildman–Crippen MR) is 115 cm³/mol.